The number of likely N-dealkylation sites (tertiary alicyclic amines) is 1. The number of thiophene rings is 1. The maximum atomic E-state index is 12.8. The van der Waals surface area contributed by atoms with E-state index in [1.54, 1.807) is 0 Å². The zero-order chi connectivity index (χ0) is 23.2. The third-order valence-corrected chi connectivity index (χ3v) is 6.64. The molecular weight excluding hydrogens is 436 g/mol. The Balaban J connectivity index is 1.37. The minimum absolute atomic E-state index is 0.0260. The Kier molecular flexibility index (Phi) is 7.42. The number of carbonyl (C=O) groups excluding carboxylic acids is 2. The van der Waals surface area contributed by atoms with E-state index in [9.17, 15) is 9.59 Å². The maximum absolute atomic E-state index is 12.8. The van der Waals surface area contributed by atoms with Gasteiger partial charge in [-0.3, -0.25) is 9.59 Å². The summed E-state index contributed by atoms with van der Waals surface area (Å²) < 4.78 is 11.7. The summed E-state index contributed by atoms with van der Waals surface area (Å²) in [6.45, 7) is 3.32. The molecule has 33 heavy (non-hydrogen) atoms. The molecule has 2 amide bonds. The largest absolute Gasteiger partial charge is 0.490 e. The average molecular weight is 465 g/mol. The van der Waals surface area contributed by atoms with Crippen LogP contribution in [0, 0.1) is 6.92 Å². The number of nitrogens with one attached hydrogen (secondary N) is 1. The molecule has 1 fully saturated rings. The van der Waals surface area contributed by atoms with Gasteiger partial charge in [-0.1, -0.05) is 42.5 Å². The molecule has 2 heterocycles. The van der Waals surface area contributed by atoms with E-state index in [-0.39, 0.29) is 17.9 Å². The second-order valence-electron chi connectivity index (χ2n) is 8.08. The fourth-order valence-electron chi connectivity index (χ4n) is 3.95. The maximum Gasteiger partial charge on any atom is 0.263 e. The molecule has 1 N–H and O–H groups in total. The summed E-state index contributed by atoms with van der Waals surface area (Å²) in [5, 5.41) is 4.86. The summed E-state index contributed by atoms with van der Waals surface area (Å²) in [4.78, 5) is 28.0. The lowest BCUT2D eigenvalue weighted by atomic mass is 10.1. The molecular formula is C26H28N2O4S. The third kappa shape index (κ3) is 5.61. The second kappa shape index (κ2) is 10.6. The Morgan fingerprint density at radius 1 is 1.06 bits per heavy atom. The van der Waals surface area contributed by atoms with Crippen LogP contribution in [0.4, 0.5) is 5.69 Å². The van der Waals surface area contributed by atoms with Gasteiger partial charge >= 0.3 is 0 Å². The number of ether oxygens (including phenoxy) is 2. The lowest BCUT2D eigenvalue weighted by Gasteiger charge is -2.32. The number of amides is 2. The summed E-state index contributed by atoms with van der Waals surface area (Å²) >= 11 is 1.47. The van der Waals surface area contributed by atoms with E-state index in [0.717, 1.165) is 34.6 Å². The zero-order valence-electron chi connectivity index (χ0n) is 18.8. The van der Waals surface area contributed by atoms with Crippen molar-refractivity contribution in [1.82, 2.24) is 4.90 Å². The molecule has 0 aliphatic carbocycles. The number of nitrogens with zero attached hydrogens (tertiary/aromatic N) is 1. The highest BCUT2D eigenvalue weighted by atomic mass is 32.1. The highest BCUT2D eigenvalue weighted by Crippen LogP contribution is 2.28. The van der Waals surface area contributed by atoms with Crippen molar-refractivity contribution >= 4 is 28.8 Å². The normalized spacial score (nSPS) is 15.2. The van der Waals surface area contributed by atoms with E-state index >= 15 is 0 Å². The van der Waals surface area contributed by atoms with E-state index in [2.05, 4.69) is 5.32 Å². The molecule has 6 nitrogen and oxygen atoms in total. The smallest absolute Gasteiger partial charge is 0.263 e. The van der Waals surface area contributed by atoms with Crippen molar-refractivity contribution in [2.45, 2.75) is 32.0 Å². The van der Waals surface area contributed by atoms with Gasteiger partial charge < -0.3 is 19.7 Å². The van der Waals surface area contributed by atoms with E-state index in [4.69, 9.17) is 9.47 Å². The predicted molar refractivity (Wildman–Crippen MR) is 130 cm³/mol. The zero-order valence-corrected chi connectivity index (χ0v) is 19.6. The van der Waals surface area contributed by atoms with Crippen molar-refractivity contribution in [3.63, 3.8) is 0 Å². The first-order valence-corrected chi connectivity index (χ1v) is 11.9. The second-order valence-corrected chi connectivity index (χ2v) is 9.03. The van der Waals surface area contributed by atoms with Crippen molar-refractivity contribution in [2.24, 2.45) is 0 Å². The third-order valence-electron chi connectivity index (χ3n) is 5.79. The van der Waals surface area contributed by atoms with Crippen LogP contribution in [0.25, 0.3) is 0 Å². The van der Waals surface area contributed by atoms with Crippen LogP contribution in [-0.2, 0) is 9.53 Å². The number of piperidine rings is 1. The first-order chi connectivity index (χ1) is 16.0. The first-order valence-electron chi connectivity index (χ1n) is 11.0. The van der Waals surface area contributed by atoms with Gasteiger partial charge in [0.05, 0.1) is 4.88 Å². The quantitative estimate of drug-likeness (QED) is 0.530. The average Bonchev–Trinajstić information content (AvgIpc) is 3.37. The molecule has 0 unspecified atom stereocenters. The number of anilines is 1. The Bertz CT molecular complexity index is 1080. The summed E-state index contributed by atoms with van der Waals surface area (Å²) in [5.74, 6) is 0.596. The molecule has 0 radical (unpaired) electrons. The molecule has 7 heteroatoms. The Labute approximate surface area is 198 Å². The number of hydrogen-bond acceptors (Lipinski definition) is 5. The Morgan fingerprint density at radius 3 is 2.48 bits per heavy atom. The van der Waals surface area contributed by atoms with E-state index < -0.39 is 6.10 Å². The van der Waals surface area contributed by atoms with Gasteiger partial charge in [-0.2, -0.15) is 0 Å². The summed E-state index contributed by atoms with van der Waals surface area (Å²) in [6, 6.07) is 18.8. The van der Waals surface area contributed by atoms with Crippen molar-refractivity contribution < 1.29 is 19.1 Å². The van der Waals surface area contributed by atoms with E-state index in [1.165, 1.54) is 18.4 Å². The highest BCUT2D eigenvalue weighted by Gasteiger charge is 2.26. The fraction of sp³-hybridized carbons (Fsp3) is 0.308. The standard InChI is InChI=1S/C26H28N2O4S/c1-18-10-11-20(27-25(29)24(31-2)19-7-4-3-5-8-19)17-22(18)32-21-12-14-28(15-13-21)26(30)23-9-6-16-33-23/h3-11,16-17,21,24H,12-15H2,1-2H3,(H,27,29)/t24-/m0/s1. The molecule has 1 atom stereocenters. The van der Waals surface area contributed by atoms with Crippen molar-refractivity contribution in [2.75, 3.05) is 25.5 Å². The van der Waals surface area contributed by atoms with Gasteiger partial charge in [0, 0.05) is 44.8 Å². The topological polar surface area (TPSA) is 67.9 Å². The predicted octanol–water partition coefficient (Wildman–Crippen LogP) is 5.07. The van der Waals surface area contributed by atoms with Crippen LogP contribution in [0.1, 0.15) is 39.7 Å². The number of benzene rings is 2. The lowest BCUT2D eigenvalue weighted by Crippen LogP contribution is -2.41. The first kappa shape index (κ1) is 23.0. The van der Waals surface area contributed by atoms with E-state index in [1.807, 2.05) is 77.9 Å². The van der Waals surface area contributed by atoms with Gasteiger partial charge in [-0.25, -0.2) is 0 Å². The number of aryl methyl sites for hydroxylation is 1. The van der Waals surface area contributed by atoms with Crippen LogP contribution in [0.3, 0.4) is 0 Å². The molecule has 1 aliphatic rings. The van der Waals surface area contributed by atoms with Gasteiger partial charge in [-0.15, -0.1) is 11.3 Å². The Hall–Kier alpha value is -3.16. The summed E-state index contributed by atoms with van der Waals surface area (Å²) in [5.41, 5.74) is 2.45. The van der Waals surface area contributed by atoms with Gasteiger partial charge in [-0.05, 0) is 35.6 Å². The number of methoxy groups -OCH3 is 1. The minimum atomic E-state index is -0.693. The van der Waals surface area contributed by atoms with Crippen molar-refractivity contribution in [1.29, 1.82) is 0 Å². The van der Waals surface area contributed by atoms with Gasteiger partial charge in [0.2, 0.25) is 0 Å². The van der Waals surface area contributed by atoms with Crippen LogP contribution in [0.2, 0.25) is 0 Å². The SMILES string of the molecule is CO[C@H](C(=O)Nc1ccc(C)c(OC2CCN(C(=O)c3cccs3)CC2)c1)c1ccccc1. The molecule has 0 spiro atoms. The molecule has 2 aromatic carbocycles. The lowest BCUT2D eigenvalue weighted by molar-refractivity contribution is -0.126. The summed E-state index contributed by atoms with van der Waals surface area (Å²) in [6.07, 6.45) is 0.875. The molecule has 1 saturated heterocycles. The van der Waals surface area contributed by atoms with E-state index in [0.29, 0.717) is 18.8 Å². The van der Waals surface area contributed by atoms with Crippen LogP contribution in [0.5, 0.6) is 5.75 Å². The molecule has 1 aromatic heterocycles. The number of carbonyl (C=O) groups is 2. The monoisotopic (exact) mass is 464 g/mol. The Morgan fingerprint density at radius 2 is 1.82 bits per heavy atom. The fourth-order valence-corrected chi connectivity index (χ4v) is 4.64. The van der Waals surface area contributed by atoms with Crippen LogP contribution in [-0.4, -0.2) is 43.0 Å². The van der Waals surface area contributed by atoms with Gasteiger partial charge in [0.1, 0.15) is 11.9 Å². The number of hydrogen-bond donors (Lipinski definition) is 1. The van der Waals surface area contributed by atoms with Crippen LogP contribution >= 0.6 is 11.3 Å². The van der Waals surface area contributed by atoms with Gasteiger partial charge in [0.25, 0.3) is 11.8 Å². The summed E-state index contributed by atoms with van der Waals surface area (Å²) in [7, 11) is 1.52. The molecule has 172 valence electrons. The molecule has 1 aliphatic heterocycles. The van der Waals surface area contributed by atoms with Crippen molar-refractivity contribution in [3.8, 4) is 5.75 Å². The molecule has 0 saturated carbocycles. The van der Waals surface area contributed by atoms with Gasteiger partial charge in [0.15, 0.2) is 6.10 Å². The number of rotatable bonds is 7. The highest BCUT2D eigenvalue weighted by molar-refractivity contribution is 7.12. The van der Waals surface area contributed by atoms with Crippen LogP contribution in [0.15, 0.2) is 66.0 Å². The molecule has 4 rings (SSSR count). The minimum Gasteiger partial charge on any atom is -0.490 e. The van der Waals surface area contributed by atoms with Crippen molar-refractivity contribution in [3.05, 3.63) is 82.0 Å². The molecule has 3 aromatic rings. The van der Waals surface area contributed by atoms with Crippen LogP contribution < -0.4 is 10.1 Å². The molecule has 0 bridgehead atoms.